The van der Waals surface area contributed by atoms with E-state index >= 15 is 0 Å². The van der Waals surface area contributed by atoms with Crippen LogP contribution in [0.4, 0.5) is 17.1 Å². The SMILES string of the molecule is CCc1cccc(C)c1NC(=O)CNc1ccc(NC(C)=O)cc1. The predicted molar refractivity (Wildman–Crippen MR) is 98.4 cm³/mol. The number of hydrogen-bond acceptors (Lipinski definition) is 3. The number of anilines is 3. The van der Waals surface area contributed by atoms with Crippen molar-refractivity contribution in [2.75, 3.05) is 22.5 Å². The molecule has 126 valence electrons. The fraction of sp³-hybridized carbons (Fsp3) is 0.263. The van der Waals surface area contributed by atoms with Crippen molar-refractivity contribution in [2.45, 2.75) is 27.2 Å². The Morgan fingerprint density at radius 1 is 0.958 bits per heavy atom. The van der Waals surface area contributed by atoms with E-state index in [-0.39, 0.29) is 18.4 Å². The summed E-state index contributed by atoms with van der Waals surface area (Å²) in [4.78, 5) is 23.2. The van der Waals surface area contributed by atoms with Crippen molar-refractivity contribution in [1.29, 1.82) is 0 Å². The van der Waals surface area contributed by atoms with Gasteiger partial charge >= 0.3 is 0 Å². The smallest absolute Gasteiger partial charge is 0.243 e. The summed E-state index contributed by atoms with van der Waals surface area (Å²) in [5.74, 6) is -0.204. The highest BCUT2D eigenvalue weighted by Gasteiger charge is 2.08. The lowest BCUT2D eigenvalue weighted by atomic mass is 10.1. The van der Waals surface area contributed by atoms with Gasteiger partial charge in [0.15, 0.2) is 0 Å². The number of nitrogens with one attached hydrogen (secondary N) is 3. The molecule has 5 nitrogen and oxygen atoms in total. The zero-order valence-electron chi connectivity index (χ0n) is 14.3. The largest absolute Gasteiger partial charge is 0.376 e. The third-order valence-corrected chi connectivity index (χ3v) is 3.66. The maximum atomic E-state index is 12.2. The molecular formula is C19H23N3O2. The van der Waals surface area contributed by atoms with Crippen LogP contribution in [0.25, 0.3) is 0 Å². The Bertz CT molecular complexity index is 724. The van der Waals surface area contributed by atoms with E-state index in [0.29, 0.717) is 0 Å². The number of para-hydroxylation sites is 1. The molecule has 2 amide bonds. The molecule has 0 unspecified atom stereocenters. The minimum atomic E-state index is -0.111. The van der Waals surface area contributed by atoms with Crippen LogP contribution in [-0.4, -0.2) is 18.4 Å². The van der Waals surface area contributed by atoms with Crippen molar-refractivity contribution >= 4 is 28.9 Å². The van der Waals surface area contributed by atoms with E-state index in [4.69, 9.17) is 0 Å². The number of benzene rings is 2. The van der Waals surface area contributed by atoms with Gasteiger partial charge in [-0.15, -0.1) is 0 Å². The number of carbonyl (C=O) groups is 2. The van der Waals surface area contributed by atoms with Crippen LogP contribution < -0.4 is 16.0 Å². The Kier molecular flexibility index (Phi) is 5.95. The van der Waals surface area contributed by atoms with Gasteiger partial charge < -0.3 is 16.0 Å². The lowest BCUT2D eigenvalue weighted by Crippen LogP contribution is -2.22. The molecule has 0 saturated heterocycles. The van der Waals surface area contributed by atoms with Gasteiger partial charge in [0.2, 0.25) is 11.8 Å². The fourth-order valence-corrected chi connectivity index (χ4v) is 2.44. The van der Waals surface area contributed by atoms with Crippen molar-refractivity contribution in [3.8, 4) is 0 Å². The van der Waals surface area contributed by atoms with E-state index in [0.717, 1.165) is 34.6 Å². The summed E-state index contributed by atoms with van der Waals surface area (Å²) in [6.07, 6.45) is 0.870. The van der Waals surface area contributed by atoms with Crippen LogP contribution in [0.3, 0.4) is 0 Å². The van der Waals surface area contributed by atoms with Crippen molar-refractivity contribution in [3.05, 3.63) is 53.6 Å². The fourth-order valence-electron chi connectivity index (χ4n) is 2.44. The number of carbonyl (C=O) groups excluding carboxylic acids is 2. The quantitative estimate of drug-likeness (QED) is 0.760. The van der Waals surface area contributed by atoms with Gasteiger partial charge in [0.25, 0.3) is 0 Å². The highest BCUT2D eigenvalue weighted by molar-refractivity contribution is 5.95. The van der Waals surface area contributed by atoms with Crippen molar-refractivity contribution in [3.63, 3.8) is 0 Å². The molecule has 2 aromatic carbocycles. The van der Waals surface area contributed by atoms with Gasteiger partial charge in [0, 0.05) is 24.0 Å². The van der Waals surface area contributed by atoms with Gasteiger partial charge in [-0.2, -0.15) is 0 Å². The Morgan fingerprint density at radius 3 is 2.25 bits per heavy atom. The summed E-state index contributed by atoms with van der Waals surface area (Å²) in [5.41, 5.74) is 4.63. The van der Waals surface area contributed by atoms with E-state index in [1.54, 1.807) is 12.1 Å². The van der Waals surface area contributed by atoms with E-state index in [9.17, 15) is 9.59 Å². The molecule has 0 saturated carbocycles. The van der Waals surface area contributed by atoms with Crippen molar-refractivity contribution in [2.24, 2.45) is 0 Å². The van der Waals surface area contributed by atoms with Gasteiger partial charge in [0.1, 0.15) is 0 Å². The number of rotatable bonds is 6. The molecule has 2 rings (SSSR count). The van der Waals surface area contributed by atoms with Crippen LogP contribution in [-0.2, 0) is 16.0 Å². The first-order valence-corrected chi connectivity index (χ1v) is 7.99. The molecule has 0 aliphatic rings. The van der Waals surface area contributed by atoms with Crippen LogP contribution >= 0.6 is 0 Å². The third kappa shape index (κ3) is 4.84. The first-order valence-electron chi connectivity index (χ1n) is 7.99. The Hall–Kier alpha value is -2.82. The van der Waals surface area contributed by atoms with Crippen molar-refractivity contribution < 1.29 is 9.59 Å². The summed E-state index contributed by atoms with van der Waals surface area (Å²) in [6.45, 7) is 5.70. The van der Waals surface area contributed by atoms with Crippen LogP contribution in [0, 0.1) is 6.92 Å². The van der Waals surface area contributed by atoms with Crippen LogP contribution in [0.15, 0.2) is 42.5 Å². The first kappa shape index (κ1) is 17.5. The topological polar surface area (TPSA) is 70.2 Å². The summed E-state index contributed by atoms with van der Waals surface area (Å²) in [7, 11) is 0. The Morgan fingerprint density at radius 2 is 1.62 bits per heavy atom. The summed E-state index contributed by atoms with van der Waals surface area (Å²) < 4.78 is 0. The van der Waals surface area contributed by atoms with E-state index in [1.807, 2.05) is 37.3 Å². The minimum absolute atomic E-state index is 0.0927. The summed E-state index contributed by atoms with van der Waals surface area (Å²) >= 11 is 0. The maximum Gasteiger partial charge on any atom is 0.243 e. The number of aryl methyl sites for hydroxylation is 2. The van der Waals surface area contributed by atoms with Gasteiger partial charge in [-0.05, 0) is 48.7 Å². The molecule has 0 radical (unpaired) electrons. The normalized spacial score (nSPS) is 10.1. The van der Waals surface area contributed by atoms with Gasteiger partial charge in [0.05, 0.1) is 6.54 Å². The third-order valence-electron chi connectivity index (χ3n) is 3.66. The molecule has 0 bridgehead atoms. The Labute approximate surface area is 142 Å². The lowest BCUT2D eigenvalue weighted by Gasteiger charge is -2.14. The van der Waals surface area contributed by atoms with Gasteiger partial charge in [-0.1, -0.05) is 25.1 Å². The van der Waals surface area contributed by atoms with Gasteiger partial charge in [-0.3, -0.25) is 9.59 Å². The molecule has 3 N–H and O–H groups in total. The predicted octanol–water partition coefficient (Wildman–Crippen LogP) is 3.57. The molecule has 24 heavy (non-hydrogen) atoms. The average Bonchev–Trinajstić information content (AvgIpc) is 2.55. The first-order chi connectivity index (χ1) is 11.5. The standard InChI is InChI=1S/C19H23N3O2/c1-4-15-7-5-6-13(2)19(15)22-18(24)12-20-16-8-10-17(11-9-16)21-14(3)23/h5-11,20H,4,12H2,1-3H3,(H,21,23)(H,22,24). The van der Waals surface area contributed by atoms with E-state index in [1.165, 1.54) is 6.92 Å². The average molecular weight is 325 g/mol. The second kappa shape index (κ2) is 8.15. The molecule has 0 atom stereocenters. The van der Waals surface area contributed by atoms with E-state index in [2.05, 4.69) is 22.9 Å². The molecule has 0 spiro atoms. The zero-order chi connectivity index (χ0) is 17.5. The molecule has 0 aliphatic carbocycles. The van der Waals surface area contributed by atoms with Gasteiger partial charge in [-0.25, -0.2) is 0 Å². The monoisotopic (exact) mass is 325 g/mol. The summed E-state index contributed by atoms with van der Waals surface area (Å²) in [6, 6.07) is 13.2. The highest BCUT2D eigenvalue weighted by Crippen LogP contribution is 2.21. The molecule has 0 heterocycles. The van der Waals surface area contributed by atoms with E-state index < -0.39 is 0 Å². The number of hydrogen-bond donors (Lipinski definition) is 3. The molecule has 0 aromatic heterocycles. The summed E-state index contributed by atoms with van der Waals surface area (Å²) in [5, 5.41) is 8.76. The molecule has 0 aliphatic heterocycles. The molecule has 2 aromatic rings. The Balaban J connectivity index is 1.93. The molecule has 0 fully saturated rings. The zero-order valence-corrected chi connectivity index (χ0v) is 14.3. The van der Waals surface area contributed by atoms with Crippen molar-refractivity contribution in [1.82, 2.24) is 0 Å². The van der Waals surface area contributed by atoms with Crippen LogP contribution in [0.2, 0.25) is 0 Å². The number of amides is 2. The molecule has 5 heteroatoms. The van der Waals surface area contributed by atoms with Crippen LogP contribution in [0.5, 0.6) is 0 Å². The maximum absolute atomic E-state index is 12.2. The highest BCUT2D eigenvalue weighted by atomic mass is 16.2. The second-order valence-corrected chi connectivity index (χ2v) is 5.62. The second-order valence-electron chi connectivity index (χ2n) is 5.62. The van der Waals surface area contributed by atoms with Crippen LogP contribution in [0.1, 0.15) is 25.0 Å². The lowest BCUT2D eigenvalue weighted by molar-refractivity contribution is -0.115. The minimum Gasteiger partial charge on any atom is -0.376 e. The molecular weight excluding hydrogens is 302 g/mol.